The van der Waals surface area contributed by atoms with E-state index in [1.807, 2.05) is 31.4 Å². The number of nitrogens with one attached hydrogen (secondary N) is 2. The molecule has 0 bridgehead atoms. The first kappa shape index (κ1) is 30.0. The van der Waals surface area contributed by atoms with Gasteiger partial charge in [-0.1, -0.05) is 12.1 Å². The zero-order valence-electron chi connectivity index (χ0n) is 25.9. The number of aryl methyl sites for hydroxylation is 2. The van der Waals surface area contributed by atoms with E-state index in [1.165, 1.54) is 39.8 Å². The van der Waals surface area contributed by atoms with E-state index in [0.717, 1.165) is 11.1 Å². The Bertz CT molecular complexity index is 2370. The molecule has 0 atom stereocenters. The van der Waals surface area contributed by atoms with Crippen LogP contribution in [0.5, 0.6) is 11.6 Å². The van der Waals surface area contributed by atoms with E-state index < -0.39 is 17.3 Å². The van der Waals surface area contributed by atoms with Gasteiger partial charge in [-0.05, 0) is 66.2 Å². The first-order valence-corrected chi connectivity index (χ1v) is 14.7. The number of amides is 1. The van der Waals surface area contributed by atoms with Crippen LogP contribution in [0.1, 0.15) is 10.4 Å². The summed E-state index contributed by atoms with van der Waals surface area (Å²) in [5.41, 5.74) is 9.43. The lowest BCUT2D eigenvalue weighted by Gasteiger charge is -2.10. The lowest BCUT2D eigenvalue weighted by molar-refractivity contribution is 0.102. The standard InChI is InChI=1S/C34H28FN9O4/c1-37-34-40-31(28-27(19-5-4-6-22(36)15-19)29(48-32(28)41-34)20-16-38-42(2)17-20)47-25-13-9-23(10-14-25)39-30(45)26-18-43(3)44(33(26)46)24-11-7-21(35)8-12-24/h4-18H,36H2,1-3H3,(H,39,45)(H,37,40,41). The molecule has 7 aromatic rings. The average molecular weight is 646 g/mol. The number of aromatic nitrogens is 6. The third-order valence-corrected chi connectivity index (χ3v) is 7.58. The summed E-state index contributed by atoms with van der Waals surface area (Å²) in [6.45, 7) is 0. The highest BCUT2D eigenvalue weighted by Crippen LogP contribution is 2.45. The Morgan fingerprint density at radius 3 is 2.44 bits per heavy atom. The molecule has 240 valence electrons. The van der Waals surface area contributed by atoms with Crippen molar-refractivity contribution in [1.29, 1.82) is 0 Å². The van der Waals surface area contributed by atoms with E-state index in [9.17, 15) is 14.0 Å². The molecule has 13 nitrogen and oxygen atoms in total. The van der Waals surface area contributed by atoms with Crippen molar-refractivity contribution >= 4 is 34.3 Å². The molecule has 4 heterocycles. The molecule has 4 N–H and O–H groups in total. The van der Waals surface area contributed by atoms with E-state index in [4.69, 9.17) is 14.9 Å². The summed E-state index contributed by atoms with van der Waals surface area (Å²) in [7, 11) is 5.12. The summed E-state index contributed by atoms with van der Waals surface area (Å²) in [4.78, 5) is 35.4. The second-order valence-corrected chi connectivity index (χ2v) is 10.9. The van der Waals surface area contributed by atoms with Crippen molar-refractivity contribution in [2.24, 2.45) is 14.1 Å². The SMILES string of the molecule is CNc1nc(Oc2ccc(NC(=O)c3cn(C)n(-c4ccc(F)cc4)c3=O)cc2)c2c(-c3cccc(N)c3)c(-c3cnn(C)c3)oc2n1. The Labute approximate surface area is 272 Å². The molecule has 4 aromatic heterocycles. The van der Waals surface area contributed by atoms with E-state index in [0.29, 0.717) is 45.2 Å². The molecule has 0 saturated carbocycles. The molecule has 0 aliphatic carbocycles. The first-order chi connectivity index (χ1) is 23.2. The van der Waals surface area contributed by atoms with Crippen LogP contribution >= 0.6 is 0 Å². The average Bonchev–Trinajstić information content (AvgIpc) is 3.77. The Morgan fingerprint density at radius 1 is 0.979 bits per heavy atom. The second-order valence-electron chi connectivity index (χ2n) is 10.9. The number of ether oxygens (including phenoxy) is 1. The molecule has 0 spiro atoms. The topological polar surface area (TPSA) is 160 Å². The highest BCUT2D eigenvalue weighted by molar-refractivity contribution is 6.05. The van der Waals surface area contributed by atoms with Gasteiger partial charge in [-0.3, -0.25) is 19.0 Å². The number of hydrogen-bond donors (Lipinski definition) is 3. The van der Waals surface area contributed by atoms with E-state index in [-0.39, 0.29) is 17.4 Å². The highest BCUT2D eigenvalue weighted by Gasteiger charge is 2.26. The van der Waals surface area contributed by atoms with Crippen LogP contribution in [0.3, 0.4) is 0 Å². The van der Waals surface area contributed by atoms with Crippen LogP contribution in [0.15, 0.2) is 101 Å². The summed E-state index contributed by atoms with van der Waals surface area (Å²) in [6.07, 6.45) is 4.95. The number of hydrogen-bond acceptors (Lipinski definition) is 9. The molecule has 7 rings (SSSR count). The normalized spacial score (nSPS) is 11.2. The van der Waals surface area contributed by atoms with E-state index in [1.54, 1.807) is 55.3 Å². The number of nitrogens with two attached hydrogens (primary N) is 1. The van der Waals surface area contributed by atoms with Gasteiger partial charge in [0.1, 0.15) is 28.3 Å². The molecule has 0 aliphatic rings. The first-order valence-electron chi connectivity index (χ1n) is 14.7. The minimum Gasteiger partial charge on any atom is -0.438 e. The number of nitrogen functional groups attached to an aromatic ring is 1. The minimum atomic E-state index is -0.602. The van der Waals surface area contributed by atoms with Gasteiger partial charge >= 0.3 is 0 Å². The van der Waals surface area contributed by atoms with Gasteiger partial charge in [0.25, 0.3) is 11.5 Å². The molecule has 48 heavy (non-hydrogen) atoms. The number of anilines is 3. The monoisotopic (exact) mass is 645 g/mol. The molecular weight excluding hydrogens is 617 g/mol. The van der Waals surface area contributed by atoms with Crippen molar-refractivity contribution in [2.45, 2.75) is 0 Å². The minimum absolute atomic E-state index is 0.0800. The summed E-state index contributed by atoms with van der Waals surface area (Å²) in [6, 6.07) is 19.4. The number of furan rings is 1. The van der Waals surface area contributed by atoms with Crippen LogP contribution in [0.25, 0.3) is 39.2 Å². The van der Waals surface area contributed by atoms with Gasteiger partial charge < -0.3 is 25.5 Å². The quantitative estimate of drug-likeness (QED) is 0.179. The van der Waals surface area contributed by atoms with Gasteiger partial charge in [0.15, 0.2) is 0 Å². The van der Waals surface area contributed by atoms with Gasteiger partial charge in [-0.15, -0.1) is 0 Å². The summed E-state index contributed by atoms with van der Waals surface area (Å²) in [5, 5.41) is 10.5. The summed E-state index contributed by atoms with van der Waals surface area (Å²) in [5.74, 6) is 0.405. The zero-order chi connectivity index (χ0) is 33.5. The number of halogens is 1. The van der Waals surface area contributed by atoms with Crippen molar-refractivity contribution in [3.63, 3.8) is 0 Å². The van der Waals surface area contributed by atoms with Crippen LogP contribution < -0.4 is 26.7 Å². The lowest BCUT2D eigenvalue weighted by atomic mass is 10.0. The molecule has 0 radical (unpaired) electrons. The number of nitrogens with zero attached hydrogens (tertiary/aromatic N) is 6. The smallest absolute Gasteiger partial charge is 0.284 e. The molecular formula is C34H28FN9O4. The summed E-state index contributed by atoms with van der Waals surface area (Å²) < 4.78 is 30.5. The van der Waals surface area contributed by atoms with Crippen LogP contribution in [0, 0.1) is 5.82 Å². The maximum atomic E-state index is 13.4. The number of benzene rings is 3. The number of rotatable bonds is 8. The fraction of sp³-hybridized carbons (Fsp3) is 0.0882. The lowest BCUT2D eigenvalue weighted by Crippen LogP contribution is -2.25. The molecule has 0 aliphatic heterocycles. The Balaban J connectivity index is 1.21. The van der Waals surface area contributed by atoms with Crippen molar-refractivity contribution in [3.8, 4) is 39.8 Å². The van der Waals surface area contributed by atoms with Crippen molar-refractivity contribution < 1.29 is 18.3 Å². The maximum absolute atomic E-state index is 13.4. The largest absolute Gasteiger partial charge is 0.438 e. The zero-order valence-corrected chi connectivity index (χ0v) is 25.9. The summed E-state index contributed by atoms with van der Waals surface area (Å²) >= 11 is 0. The van der Waals surface area contributed by atoms with Gasteiger partial charge in [-0.25, -0.2) is 9.07 Å². The van der Waals surface area contributed by atoms with E-state index in [2.05, 4.69) is 25.7 Å². The molecule has 14 heteroatoms. The third kappa shape index (κ3) is 5.51. The number of carbonyl (C=O) groups excluding carboxylic acids is 1. The fourth-order valence-corrected chi connectivity index (χ4v) is 5.38. The molecule has 0 fully saturated rings. The van der Waals surface area contributed by atoms with E-state index >= 15 is 0 Å². The van der Waals surface area contributed by atoms with Gasteiger partial charge in [0, 0.05) is 50.5 Å². The second kappa shape index (κ2) is 11.9. The predicted octanol–water partition coefficient (Wildman–Crippen LogP) is 5.59. The van der Waals surface area contributed by atoms with Crippen molar-refractivity contribution in [3.05, 3.63) is 113 Å². The third-order valence-electron chi connectivity index (χ3n) is 7.58. The van der Waals surface area contributed by atoms with Gasteiger partial charge in [0.2, 0.25) is 17.5 Å². The molecule has 0 saturated heterocycles. The Hall–Kier alpha value is -6.70. The van der Waals surface area contributed by atoms with Crippen molar-refractivity contribution in [1.82, 2.24) is 29.1 Å². The molecule has 1 amide bonds. The Kier molecular flexibility index (Phi) is 7.44. The fourth-order valence-electron chi connectivity index (χ4n) is 5.38. The number of carbonyl (C=O) groups is 1. The maximum Gasteiger partial charge on any atom is 0.284 e. The number of fused-ring (bicyclic) bond motifs is 1. The van der Waals surface area contributed by atoms with Crippen LogP contribution in [-0.4, -0.2) is 42.1 Å². The van der Waals surface area contributed by atoms with Crippen LogP contribution in [0.2, 0.25) is 0 Å². The van der Waals surface area contributed by atoms with Crippen LogP contribution in [0.4, 0.5) is 21.7 Å². The van der Waals surface area contributed by atoms with Gasteiger partial charge in [0.05, 0.1) is 17.4 Å². The highest BCUT2D eigenvalue weighted by atomic mass is 19.1. The molecule has 0 unspecified atom stereocenters. The van der Waals surface area contributed by atoms with Crippen molar-refractivity contribution in [2.75, 3.05) is 23.4 Å². The predicted molar refractivity (Wildman–Crippen MR) is 179 cm³/mol. The Morgan fingerprint density at radius 2 is 1.75 bits per heavy atom. The van der Waals surface area contributed by atoms with Gasteiger partial charge in [-0.2, -0.15) is 15.1 Å². The molecule has 3 aromatic carbocycles. The van der Waals surface area contributed by atoms with Crippen LogP contribution in [-0.2, 0) is 14.1 Å².